The van der Waals surface area contributed by atoms with Gasteiger partial charge in [0.1, 0.15) is 0 Å². The van der Waals surface area contributed by atoms with Crippen LogP contribution < -0.4 is 0 Å². The maximum Gasteiger partial charge on any atom is -0.0324 e. The average molecular weight is 297 g/mol. The van der Waals surface area contributed by atoms with Crippen molar-refractivity contribution in [1.29, 1.82) is 0 Å². The molecule has 0 nitrogen and oxygen atoms in total. The fourth-order valence-electron chi connectivity index (χ4n) is 4.01. The molecule has 0 heteroatoms. The fraction of sp³-hybridized carbons (Fsp3) is 1.00. The zero-order valence-electron chi connectivity index (χ0n) is 16.1. The molecular formula is C21H44. The molecule has 0 heterocycles. The number of hydrogen-bond acceptors (Lipinski definition) is 0. The topological polar surface area (TPSA) is 0 Å². The third kappa shape index (κ3) is 12.2. The van der Waals surface area contributed by atoms with Crippen molar-refractivity contribution in [3.8, 4) is 0 Å². The van der Waals surface area contributed by atoms with E-state index in [2.05, 4.69) is 41.5 Å². The third-order valence-electron chi connectivity index (χ3n) is 5.03. The van der Waals surface area contributed by atoms with Crippen LogP contribution in [-0.2, 0) is 0 Å². The van der Waals surface area contributed by atoms with E-state index in [1.807, 2.05) is 0 Å². The van der Waals surface area contributed by atoms with E-state index in [0.717, 1.165) is 11.8 Å². The zero-order valence-corrected chi connectivity index (χ0v) is 16.1. The maximum atomic E-state index is 2.53. The van der Waals surface area contributed by atoms with Crippen LogP contribution >= 0.6 is 0 Å². The van der Waals surface area contributed by atoms with Gasteiger partial charge < -0.3 is 0 Å². The van der Waals surface area contributed by atoms with Gasteiger partial charge in [-0.2, -0.15) is 0 Å². The molecule has 0 aromatic carbocycles. The number of unbranched alkanes of at least 4 members (excludes halogenated alkanes) is 4. The Hall–Kier alpha value is 0. The molecule has 0 saturated carbocycles. The van der Waals surface area contributed by atoms with Gasteiger partial charge in [0.15, 0.2) is 0 Å². The van der Waals surface area contributed by atoms with Gasteiger partial charge in [-0.15, -0.1) is 0 Å². The van der Waals surface area contributed by atoms with Crippen LogP contribution in [0.5, 0.6) is 0 Å². The molecule has 0 amide bonds. The van der Waals surface area contributed by atoms with Gasteiger partial charge in [-0.25, -0.2) is 0 Å². The van der Waals surface area contributed by atoms with Gasteiger partial charge in [0.25, 0.3) is 0 Å². The summed E-state index contributed by atoms with van der Waals surface area (Å²) in [5.41, 5.74) is 0.608. The minimum atomic E-state index is 0.608. The van der Waals surface area contributed by atoms with Crippen LogP contribution in [-0.4, -0.2) is 0 Å². The second-order valence-corrected chi connectivity index (χ2v) is 8.36. The Kier molecular flexibility index (Phi) is 12.5. The third-order valence-corrected chi connectivity index (χ3v) is 5.03. The molecule has 0 aliphatic carbocycles. The van der Waals surface area contributed by atoms with Gasteiger partial charge in [0, 0.05) is 0 Å². The predicted octanol–water partition coefficient (Wildman–Crippen LogP) is 8.01. The van der Waals surface area contributed by atoms with Crippen LogP contribution in [0, 0.1) is 17.3 Å². The highest BCUT2D eigenvalue weighted by Gasteiger charge is 2.23. The molecule has 128 valence electrons. The first-order valence-electron chi connectivity index (χ1n) is 9.93. The predicted molar refractivity (Wildman–Crippen MR) is 98.9 cm³/mol. The monoisotopic (exact) mass is 296 g/mol. The normalized spacial score (nSPS) is 16.1. The second kappa shape index (κ2) is 12.5. The quantitative estimate of drug-likeness (QED) is 0.285. The lowest BCUT2D eigenvalue weighted by Crippen LogP contribution is -2.18. The molecule has 0 N–H and O–H groups in total. The molecule has 0 radical (unpaired) electrons. The van der Waals surface area contributed by atoms with E-state index < -0.39 is 0 Å². The highest BCUT2D eigenvalue weighted by atomic mass is 14.3. The lowest BCUT2D eigenvalue weighted by atomic mass is 9.74. The first-order chi connectivity index (χ1) is 9.93. The van der Waals surface area contributed by atoms with Crippen LogP contribution in [0.4, 0.5) is 0 Å². The molecule has 2 atom stereocenters. The highest BCUT2D eigenvalue weighted by Crippen LogP contribution is 2.36. The Bertz CT molecular complexity index is 218. The lowest BCUT2D eigenvalue weighted by Gasteiger charge is -2.31. The van der Waals surface area contributed by atoms with E-state index in [1.165, 1.54) is 77.0 Å². The standard InChI is InChI=1S/C21H44/c1-7-9-14-20(5)15-12-10-11-13-17-21(6,16-8-2)18-19(3)4/h19-20H,7-18H2,1-6H3. The number of hydrogen-bond donors (Lipinski definition) is 0. The molecule has 0 spiro atoms. The van der Waals surface area contributed by atoms with E-state index >= 15 is 0 Å². The molecular weight excluding hydrogens is 252 g/mol. The minimum absolute atomic E-state index is 0.608. The summed E-state index contributed by atoms with van der Waals surface area (Å²) in [5, 5.41) is 0. The van der Waals surface area contributed by atoms with Crippen LogP contribution in [0.15, 0.2) is 0 Å². The summed E-state index contributed by atoms with van der Waals surface area (Å²) in [6.45, 7) is 14.4. The van der Waals surface area contributed by atoms with Crippen LogP contribution in [0.25, 0.3) is 0 Å². The molecule has 0 saturated heterocycles. The highest BCUT2D eigenvalue weighted by molar-refractivity contribution is 4.75. The number of rotatable bonds is 14. The summed E-state index contributed by atoms with van der Waals surface area (Å²) in [7, 11) is 0. The van der Waals surface area contributed by atoms with Crippen molar-refractivity contribution < 1.29 is 0 Å². The van der Waals surface area contributed by atoms with E-state index in [1.54, 1.807) is 0 Å². The van der Waals surface area contributed by atoms with Crippen molar-refractivity contribution in [2.45, 2.75) is 119 Å². The first kappa shape index (κ1) is 21.0. The van der Waals surface area contributed by atoms with Crippen molar-refractivity contribution in [2.24, 2.45) is 17.3 Å². The summed E-state index contributed by atoms with van der Waals surface area (Å²) in [6, 6.07) is 0. The Morgan fingerprint density at radius 3 is 1.90 bits per heavy atom. The largest absolute Gasteiger partial charge is 0.0654 e. The SMILES string of the molecule is CCCCC(C)CCCCCCC(C)(CCC)CC(C)C. The molecule has 0 fully saturated rings. The van der Waals surface area contributed by atoms with Crippen molar-refractivity contribution in [3.63, 3.8) is 0 Å². The lowest BCUT2D eigenvalue weighted by molar-refractivity contribution is 0.207. The molecule has 0 rings (SSSR count). The van der Waals surface area contributed by atoms with Gasteiger partial charge in [0.2, 0.25) is 0 Å². The molecule has 0 aromatic rings. The minimum Gasteiger partial charge on any atom is -0.0654 e. The summed E-state index contributed by atoms with van der Waals surface area (Å²) < 4.78 is 0. The van der Waals surface area contributed by atoms with Gasteiger partial charge in [-0.05, 0) is 36.5 Å². The maximum absolute atomic E-state index is 2.53. The van der Waals surface area contributed by atoms with Crippen LogP contribution in [0.3, 0.4) is 0 Å². The van der Waals surface area contributed by atoms with E-state index in [9.17, 15) is 0 Å². The van der Waals surface area contributed by atoms with Crippen LogP contribution in [0.2, 0.25) is 0 Å². The van der Waals surface area contributed by atoms with Crippen molar-refractivity contribution >= 4 is 0 Å². The molecule has 21 heavy (non-hydrogen) atoms. The van der Waals surface area contributed by atoms with Crippen molar-refractivity contribution in [1.82, 2.24) is 0 Å². The van der Waals surface area contributed by atoms with Gasteiger partial charge in [-0.3, -0.25) is 0 Å². The first-order valence-corrected chi connectivity index (χ1v) is 9.93. The van der Waals surface area contributed by atoms with Gasteiger partial charge in [-0.1, -0.05) is 99.3 Å². The average Bonchev–Trinajstić information content (AvgIpc) is 2.39. The van der Waals surface area contributed by atoms with Crippen LogP contribution in [0.1, 0.15) is 119 Å². The summed E-state index contributed by atoms with van der Waals surface area (Å²) in [4.78, 5) is 0. The Labute approximate surface area is 136 Å². The van der Waals surface area contributed by atoms with E-state index in [-0.39, 0.29) is 0 Å². The smallest absolute Gasteiger partial charge is 0.0324 e. The van der Waals surface area contributed by atoms with Crippen molar-refractivity contribution in [2.75, 3.05) is 0 Å². The summed E-state index contributed by atoms with van der Waals surface area (Å²) in [6.07, 6.45) is 17.1. The molecule has 0 bridgehead atoms. The van der Waals surface area contributed by atoms with Gasteiger partial charge in [0.05, 0.1) is 0 Å². The fourth-order valence-corrected chi connectivity index (χ4v) is 4.01. The van der Waals surface area contributed by atoms with Crippen molar-refractivity contribution in [3.05, 3.63) is 0 Å². The molecule has 0 aliphatic heterocycles. The van der Waals surface area contributed by atoms with Gasteiger partial charge >= 0.3 is 0 Å². The zero-order chi connectivity index (χ0) is 16.1. The molecule has 0 aliphatic rings. The van der Waals surface area contributed by atoms with E-state index in [0.29, 0.717) is 5.41 Å². The second-order valence-electron chi connectivity index (χ2n) is 8.36. The van der Waals surface area contributed by atoms with E-state index in [4.69, 9.17) is 0 Å². The summed E-state index contributed by atoms with van der Waals surface area (Å²) >= 11 is 0. The Balaban J connectivity index is 3.71. The summed E-state index contributed by atoms with van der Waals surface area (Å²) in [5.74, 6) is 1.80. The molecule has 0 aromatic heterocycles. The molecule has 2 unspecified atom stereocenters. The Morgan fingerprint density at radius 1 is 0.714 bits per heavy atom. The Morgan fingerprint density at radius 2 is 1.33 bits per heavy atom.